The van der Waals surface area contributed by atoms with Gasteiger partial charge in [0.25, 0.3) is 17.5 Å². The number of ether oxygens (including phenoxy) is 3. The molecule has 2 aromatic rings. The Hall–Kier alpha value is -3.83. The molecule has 2 rings (SSSR count). The Balaban J connectivity index is 2.19. The molecule has 2 amide bonds. The van der Waals surface area contributed by atoms with Gasteiger partial charge in [-0.3, -0.25) is 19.7 Å². The van der Waals surface area contributed by atoms with Gasteiger partial charge in [0, 0.05) is 16.7 Å². The summed E-state index contributed by atoms with van der Waals surface area (Å²) in [5, 5.41) is 18.6. The minimum atomic E-state index is -0.975. The van der Waals surface area contributed by atoms with Crippen LogP contribution in [0.4, 0.5) is 5.69 Å². The largest absolute Gasteiger partial charge is 0.493 e. The highest BCUT2D eigenvalue weighted by Crippen LogP contribution is 2.35. The molecule has 13 heteroatoms. The first-order chi connectivity index (χ1) is 18.5. The molecule has 0 aromatic heterocycles. The van der Waals surface area contributed by atoms with Gasteiger partial charge >= 0.3 is 0 Å². The summed E-state index contributed by atoms with van der Waals surface area (Å²) in [6.45, 7) is 8.98. The molecule has 11 nitrogen and oxygen atoms in total. The molecular formula is C26H30Cl2N4O7. The van der Waals surface area contributed by atoms with E-state index in [-0.39, 0.29) is 46.0 Å². The fourth-order valence-electron chi connectivity index (χ4n) is 3.31. The Morgan fingerprint density at radius 3 is 2.46 bits per heavy atom. The smallest absolute Gasteiger partial charge is 0.274 e. The first-order valence-corrected chi connectivity index (χ1v) is 12.6. The average molecular weight is 581 g/mol. The minimum Gasteiger partial charge on any atom is -0.493 e. The quantitative estimate of drug-likeness (QED) is 0.140. The van der Waals surface area contributed by atoms with Crippen LogP contribution in [-0.4, -0.2) is 48.8 Å². The van der Waals surface area contributed by atoms with E-state index in [4.69, 9.17) is 37.4 Å². The van der Waals surface area contributed by atoms with E-state index in [1.165, 1.54) is 50.6 Å². The lowest BCUT2D eigenvalue weighted by Crippen LogP contribution is -2.49. The van der Waals surface area contributed by atoms with Crippen molar-refractivity contribution in [3.63, 3.8) is 0 Å². The second-order valence-corrected chi connectivity index (χ2v) is 9.53. The van der Waals surface area contributed by atoms with Crippen molar-refractivity contribution < 1.29 is 28.7 Å². The van der Waals surface area contributed by atoms with E-state index < -0.39 is 28.9 Å². The number of carbonyl (C=O) groups excluding carboxylic acids is 2. The molecule has 0 saturated heterocycles. The van der Waals surface area contributed by atoms with Crippen molar-refractivity contribution in [1.29, 1.82) is 0 Å². The zero-order valence-corrected chi connectivity index (χ0v) is 23.4. The van der Waals surface area contributed by atoms with Crippen molar-refractivity contribution in [2.45, 2.75) is 39.3 Å². The van der Waals surface area contributed by atoms with E-state index in [1.54, 1.807) is 6.07 Å². The highest BCUT2D eigenvalue weighted by Gasteiger charge is 2.26. The number of nitro groups is 1. The molecule has 2 N–H and O–H groups in total. The maximum Gasteiger partial charge on any atom is 0.274 e. The maximum absolute atomic E-state index is 12.9. The van der Waals surface area contributed by atoms with Crippen molar-refractivity contribution >= 4 is 46.9 Å². The third-order valence-electron chi connectivity index (χ3n) is 5.13. The highest BCUT2D eigenvalue weighted by atomic mass is 35.5. The fourth-order valence-corrected chi connectivity index (χ4v) is 3.76. The molecular weight excluding hydrogens is 551 g/mol. The average Bonchev–Trinajstić information content (AvgIpc) is 2.88. The molecule has 0 fully saturated rings. The number of benzene rings is 2. The zero-order valence-electron chi connectivity index (χ0n) is 21.9. The van der Waals surface area contributed by atoms with E-state index in [2.05, 4.69) is 22.4 Å². The van der Waals surface area contributed by atoms with E-state index >= 15 is 0 Å². The van der Waals surface area contributed by atoms with Crippen molar-refractivity contribution in [3.8, 4) is 17.2 Å². The predicted octanol–water partition coefficient (Wildman–Crippen LogP) is 4.92. The van der Waals surface area contributed by atoms with Gasteiger partial charge in [-0.1, -0.05) is 49.7 Å². The summed E-state index contributed by atoms with van der Waals surface area (Å²) >= 11 is 12.0. The van der Waals surface area contributed by atoms with E-state index in [1.807, 2.05) is 13.8 Å². The van der Waals surface area contributed by atoms with Crippen molar-refractivity contribution in [2.24, 2.45) is 11.0 Å². The standard InChI is InChI=1S/C26H30Cl2N4O7/c1-6-9-38-24-17(11-19(32(35)36)13-23(24)37-5)14-29-31-26(34)21(10-15(2)3)30-25(33)16(4)39-22-8-7-18(27)12-20(22)28/h6-8,11-16,21H,1,9-10H2,2-5H3,(H,30,33)(H,31,34)/b29-14-/t16-,21-/m1/s1. The Bertz CT molecular complexity index is 1240. The summed E-state index contributed by atoms with van der Waals surface area (Å²) in [6, 6.07) is 6.09. The summed E-state index contributed by atoms with van der Waals surface area (Å²) in [7, 11) is 1.34. The van der Waals surface area contributed by atoms with Gasteiger partial charge in [-0.15, -0.1) is 0 Å². The molecule has 0 spiro atoms. The van der Waals surface area contributed by atoms with Crippen molar-refractivity contribution in [1.82, 2.24) is 10.7 Å². The summed E-state index contributed by atoms with van der Waals surface area (Å²) < 4.78 is 16.4. The lowest BCUT2D eigenvalue weighted by Gasteiger charge is -2.22. The Morgan fingerprint density at radius 2 is 1.87 bits per heavy atom. The van der Waals surface area contributed by atoms with Crippen molar-refractivity contribution in [3.05, 3.63) is 68.7 Å². The second-order valence-electron chi connectivity index (χ2n) is 8.68. The molecule has 0 saturated carbocycles. The Kier molecular flexibility index (Phi) is 12.0. The number of non-ortho nitro benzene ring substituents is 1. The first-order valence-electron chi connectivity index (χ1n) is 11.8. The number of nitro benzene ring substituents is 1. The SMILES string of the molecule is C=CCOc1c(/C=N\NC(=O)[C@@H](CC(C)C)NC(=O)[C@@H](C)Oc2ccc(Cl)cc2Cl)cc([N+](=O)[O-])cc1OC. The van der Waals surface area contributed by atoms with Gasteiger partial charge in [-0.2, -0.15) is 5.10 Å². The number of rotatable bonds is 14. The van der Waals surface area contributed by atoms with Gasteiger partial charge in [0.1, 0.15) is 18.4 Å². The number of methoxy groups -OCH3 is 1. The normalized spacial score (nSPS) is 12.5. The lowest BCUT2D eigenvalue weighted by molar-refractivity contribution is -0.385. The summed E-state index contributed by atoms with van der Waals surface area (Å²) in [5.74, 6) is -0.546. The number of nitrogens with one attached hydrogen (secondary N) is 2. The van der Waals surface area contributed by atoms with Crippen LogP contribution in [0.3, 0.4) is 0 Å². The maximum atomic E-state index is 12.9. The molecule has 0 bridgehead atoms. The number of nitrogens with zero attached hydrogens (tertiary/aromatic N) is 2. The molecule has 0 aliphatic heterocycles. The van der Waals surface area contributed by atoms with Crippen LogP contribution in [0.2, 0.25) is 10.0 Å². The van der Waals surface area contributed by atoms with Gasteiger partial charge < -0.3 is 19.5 Å². The molecule has 39 heavy (non-hydrogen) atoms. The van der Waals surface area contributed by atoms with Crippen LogP contribution in [0.1, 0.15) is 32.8 Å². The van der Waals surface area contributed by atoms with Crippen LogP contribution in [0.5, 0.6) is 17.2 Å². The van der Waals surface area contributed by atoms with Gasteiger partial charge in [-0.05, 0) is 37.5 Å². The molecule has 0 aliphatic carbocycles. The number of halogens is 2. The van der Waals surface area contributed by atoms with Crippen LogP contribution in [-0.2, 0) is 9.59 Å². The monoisotopic (exact) mass is 580 g/mol. The van der Waals surface area contributed by atoms with Crippen LogP contribution in [0.15, 0.2) is 48.1 Å². The van der Waals surface area contributed by atoms with Crippen LogP contribution in [0.25, 0.3) is 0 Å². The molecule has 2 atom stereocenters. The van der Waals surface area contributed by atoms with Gasteiger partial charge in [0.2, 0.25) is 0 Å². The zero-order chi connectivity index (χ0) is 29.1. The van der Waals surface area contributed by atoms with Gasteiger partial charge in [-0.25, -0.2) is 5.43 Å². The molecule has 0 radical (unpaired) electrons. The number of carbonyl (C=O) groups is 2. The van der Waals surface area contributed by atoms with Gasteiger partial charge in [0.15, 0.2) is 17.6 Å². The summed E-state index contributed by atoms with van der Waals surface area (Å²) in [6.07, 6.45) is 2.01. The third-order valence-corrected chi connectivity index (χ3v) is 5.66. The number of hydrogen-bond acceptors (Lipinski definition) is 8. The van der Waals surface area contributed by atoms with Crippen LogP contribution < -0.4 is 25.0 Å². The van der Waals surface area contributed by atoms with E-state index in [0.29, 0.717) is 11.4 Å². The molecule has 0 unspecified atom stereocenters. The lowest BCUT2D eigenvalue weighted by atomic mass is 10.0. The highest BCUT2D eigenvalue weighted by molar-refractivity contribution is 6.35. The fraction of sp³-hybridized carbons (Fsp3) is 0.346. The Labute approximate surface area is 236 Å². The number of amides is 2. The molecule has 0 aliphatic rings. The van der Waals surface area contributed by atoms with Gasteiger partial charge in [0.05, 0.1) is 29.3 Å². The Morgan fingerprint density at radius 1 is 1.15 bits per heavy atom. The molecule has 0 heterocycles. The topological polar surface area (TPSA) is 141 Å². The predicted molar refractivity (Wildman–Crippen MR) is 149 cm³/mol. The summed E-state index contributed by atoms with van der Waals surface area (Å²) in [4.78, 5) is 36.5. The first kappa shape index (κ1) is 31.4. The van der Waals surface area contributed by atoms with E-state index in [9.17, 15) is 19.7 Å². The molecule has 2 aromatic carbocycles. The third kappa shape index (κ3) is 9.45. The minimum absolute atomic E-state index is 0.0481. The van der Waals surface area contributed by atoms with Crippen LogP contribution in [0, 0.1) is 16.0 Å². The molecule has 210 valence electrons. The van der Waals surface area contributed by atoms with E-state index in [0.717, 1.165) is 0 Å². The number of hydrogen-bond donors (Lipinski definition) is 2. The number of hydrazone groups is 1. The second kappa shape index (κ2) is 14.9. The summed E-state index contributed by atoms with van der Waals surface area (Å²) in [5.41, 5.74) is 2.30. The van der Waals surface area contributed by atoms with Crippen LogP contribution >= 0.6 is 23.2 Å². The van der Waals surface area contributed by atoms with Crippen molar-refractivity contribution in [2.75, 3.05) is 13.7 Å².